The summed E-state index contributed by atoms with van der Waals surface area (Å²) in [6.07, 6.45) is 3.61. The second-order valence-electron chi connectivity index (χ2n) is 10.5. The Morgan fingerprint density at radius 3 is 2.55 bits per heavy atom. The van der Waals surface area contributed by atoms with Crippen molar-refractivity contribution in [1.29, 1.82) is 0 Å². The maximum Gasteiger partial charge on any atom is 0.418 e. The van der Waals surface area contributed by atoms with E-state index in [1.54, 1.807) is 30.3 Å². The molecule has 2 saturated heterocycles. The van der Waals surface area contributed by atoms with Crippen LogP contribution in [0.2, 0.25) is 0 Å². The number of anilines is 1. The first-order valence-corrected chi connectivity index (χ1v) is 13.0. The van der Waals surface area contributed by atoms with Crippen LogP contribution in [0.25, 0.3) is 0 Å². The maximum absolute atomic E-state index is 13.7. The molecule has 3 fully saturated rings. The van der Waals surface area contributed by atoms with Gasteiger partial charge in [-0.05, 0) is 73.4 Å². The number of aryl methyl sites for hydroxylation is 1. The average molecular weight is 521 g/mol. The molecule has 1 saturated carbocycles. The molecule has 3 atom stereocenters. The second-order valence-corrected chi connectivity index (χ2v) is 10.5. The van der Waals surface area contributed by atoms with E-state index < -0.39 is 24.1 Å². The number of nitrogens with one attached hydrogen (secondary N) is 2. The van der Waals surface area contributed by atoms with Crippen molar-refractivity contribution in [1.82, 2.24) is 15.1 Å². The summed E-state index contributed by atoms with van der Waals surface area (Å²) in [4.78, 5) is 54.8. The van der Waals surface area contributed by atoms with Crippen LogP contribution < -0.4 is 10.6 Å². The maximum atomic E-state index is 13.7. The Morgan fingerprint density at radius 2 is 1.84 bits per heavy atom. The number of halogens is 1. The fraction of sp³-hybridized carbons (Fsp3) is 0.429. The highest BCUT2D eigenvalue weighted by atomic mass is 19.1. The third-order valence-corrected chi connectivity index (χ3v) is 8.28. The molecule has 4 aliphatic rings. The quantitative estimate of drug-likeness (QED) is 0.623. The van der Waals surface area contributed by atoms with Crippen LogP contribution in [0.3, 0.4) is 0 Å². The molecule has 2 aliphatic heterocycles. The van der Waals surface area contributed by atoms with Gasteiger partial charge in [-0.25, -0.2) is 18.9 Å². The van der Waals surface area contributed by atoms with Crippen molar-refractivity contribution in [2.45, 2.75) is 56.2 Å². The number of imide groups is 1. The van der Waals surface area contributed by atoms with Crippen molar-refractivity contribution in [2.75, 3.05) is 18.9 Å². The van der Waals surface area contributed by atoms with E-state index in [0.717, 1.165) is 41.7 Å². The minimum Gasteiger partial charge on any atom is -0.427 e. The van der Waals surface area contributed by atoms with Crippen LogP contribution in [0, 0.1) is 11.7 Å². The Bertz CT molecular complexity index is 1330. The standard InChI is InChI=1S/C28H29FN4O5/c1-30-26(36)31-20-8-9-21-18(14-20)12-13-28(21)25(35)32(27(37)38-28)15-24(34)33-22(16-2-3-16)10-11-23(33)17-4-6-19(29)7-5-17/h4-9,14,16,22-23H,2-3,10-13,15H2,1H3,(H2,30,31,36)/t22-,23-,28+/m0/s1. The Hall–Kier alpha value is -3.95. The normalized spacial score (nSPS) is 26.1. The summed E-state index contributed by atoms with van der Waals surface area (Å²) in [5.74, 6) is -0.773. The van der Waals surface area contributed by atoms with E-state index in [0.29, 0.717) is 23.6 Å². The van der Waals surface area contributed by atoms with E-state index in [1.807, 2.05) is 4.90 Å². The fourth-order valence-electron chi connectivity index (χ4n) is 6.29. The molecule has 2 heterocycles. The predicted molar refractivity (Wildman–Crippen MR) is 134 cm³/mol. The molecular weight excluding hydrogens is 491 g/mol. The Morgan fingerprint density at radius 1 is 1.08 bits per heavy atom. The molecule has 9 nitrogen and oxygen atoms in total. The van der Waals surface area contributed by atoms with Crippen LogP contribution in [-0.4, -0.2) is 53.4 Å². The number of likely N-dealkylation sites (tertiary alicyclic amines) is 1. The van der Waals surface area contributed by atoms with Gasteiger partial charge in [0, 0.05) is 30.8 Å². The van der Waals surface area contributed by atoms with Crippen LogP contribution in [-0.2, 0) is 26.3 Å². The van der Waals surface area contributed by atoms with E-state index in [9.17, 15) is 23.6 Å². The largest absolute Gasteiger partial charge is 0.427 e. The molecule has 6 rings (SSSR count). The zero-order valence-electron chi connectivity index (χ0n) is 21.0. The van der Waals surface area contributed by atoms with Gasteiger partial charge >= 0.3 is 12.1 Å². The summed E-state index contributed by atoms with van der Waals surface area (Å²) >= 11 is 0. The molecule has 2 aromatic carbocycles. The minimum absolute atomic E-state index is 0.0405. The highest BCUT2D eigenvalue weighted by molar-refractivity contribution is 6.06. The zero-order valence-corrected chi connectivity index (χ0v) is 21.0. The van der Waals surface area contributed by atoms with Gasteiger partial charge in [-0.15, -0.1) is 0 Å². The predicted octanol–water partition coefficient (Wildman–Crippen LogP) is 3.84. The van der Waals surface area contributed by atoms with Gasteiger partial charge in [-0.2, -0.15) is 0 Å². The molecule has 5 amide bonds. The first-order valence-electron chi connectivity index (χ1n) is 13.0. The lowest BCUT2D eigenvalue weighted by atomic mass is 9.94. The molecule has 38 heavy (non-hydrogen) atoms. The molecule has 2 aromatic rings. The van der Waals surface area contributed by atoms with Crippen molar-refractivity contribution in [2.24, 2.45) is 5.92 Å². The van der Waals surface area contributed by atoms with Gasteiger partial charge in [0.25, 0.3) is 5.91 Å². The third kappa shape index (κ3) is 3.99. The summed E-state index contributed by atoms with van der Waals surface area (Å²) in [6.45, 7) is -0.397. The number of urea groups is 1. The molecule has 0 bridgehead atoms. The third-order valence-electron chi connectivity index (χ3n) is 8.28. The topological polar surface area (TPSA) is 108 Å². The van der Waals surface area contributed by atoms with Crippen molar-refractivity contribution >= 4 is 29.6 Å². The van der Waals surface area contributed by atoms with Gasteiger partial charge in [0.1, 0.15) is 12.4 Å². The number of hydrogen-bond donors (Lipinski definition) is 2. The lowest BCUT2D eigenvalue weighted by Gasteiger charge is -2.32. The molecule has 1 spiro atoms. The first-order chi connectivity index (χ1) is 18.3. The van der Waals surface area contributed by atoms with Gasteiger partial charge in [0.15, 0.2) is 0 Å². The van der Waals surface area contributed by atoms with Gasteiger partial charge in [0.05, 0.1) is 6.04 Å². The summed E-state index contributed by atoms with van der Waals surface area (Å²) < 4.78 is 19.3. The highest BCUT2D eigenvalue weighted by Gasteiger charge is 2.59. The summed E-state index contributed by atoms with van der Waals surface area (Å²) in [7, 11) is 1.51. The molecule has 198 valence electrons. The van der Waals surface area contributed by atoms with Crippen molar-refractivity contribution < 1.29 is 28.3 Å². The number of fused-ring (bicyclic) bond motifs is 2. The Balaban J connectivity index is 1.23. The SMILES string of the molecule is CNC(=O)Nc1ccc2c(c1)CC[C@@]21OC(=O)N(CC(=O)N2[C@H](c3ccc(F)cc3)CC[C@H]2C2CC2)C1=O. The monoisotopic (exact) mass is 520 g/mol. The van der Waals surface area contributed by atoms with E-state index in [4.69, 9.17) is 4.74 Å². The lowest BCUT2D eigenvalue weighted by Crippen LogP contribution is -2.47. The molecule has 0 aromatic heterocycles. The van der Waals surface area contributed by atoms with Crippen LogP contribution in [0.4, 0.5) is 19.7 Å². The number of carbonyl (C=O) groups excluding carboxylic acids is 4. The zero-order chi connectivity index (χ0) is 26.6. The minimum atomic E-state index is -1.46. The molecule has 0 unspecified atom stereocenters. The van der Waals surface area contributed by atoms with Crippen LogP contribution in [0.15, 0.2) is 42.5 Å². The Labute approximate surface area is 219 Å². The van der Waals surface area contributed by atoms with Crippen LogP contribution >= 0.6 is 0 Å². The highest BCUT2D eigenvalue weighted by Crippen LogP contribution is 2.48. The van der Waals surface area contributed by atoms with Crippen molar-refractivity contribution in [3.05, 3.63) is 65.0 Å². The summed E-state index contributed by atoms with van der Waals surface area (Å²) in [5, 5.41) is 5.19. The summed E-state index contributed by atoms with van der Waals surface area (Å²) in [6, 6.07) is 10.7. The van der Waals surface area contributed by atoms with Gasteiger partial charge < -0.3 is 20.3 Å². The molecule has 10 heteroatoms. The molecule has 2 N–H and O–H groups in total. The lowest BCUT2D eigenvalue weighted by molar-refractivity contribution is -0.143. The molecular formula is C28H29FN4O5. The van der Waals surface area contributed by atoms with Gasteiger partial charge in [0.2, 0.25) is 11.5 Å². The summed E-state index contributed by atoms with van der Waals surface area (Å²) in [5.41, 5.74) is 1.33. The van der Waals surface area contributed by atoms with Gasteiger partial charge in [-0.3, -0.25) is 9.59 Å². The van der Waals surface area contributed by atoms with E-state index in [1.165, 1.54) is 19.2 Å². The van der Waals surface area contributed by atoms with Gasteiger partial charge in [-0.1, -0.05) is 18.2 Å². The Kier molecular flexibility index (Phi) is 5.85. The van der Waals surface area contributed by atoms with E-state index in [-0.39, 0.29) is 36.3 Å². The number of amides is 5. The van der Waals surface area contributed by atoms with Crippen molar-refractivity contribution in [3.8, 4) is 0 Å². The average Bonchev–Trinajstić information content (AvgIpc) is 3.49. The number of benzene rings is 2. The molecule has 2 aliphatic carbocycles. The van der Waals surface area contributed by atoms with Crippen LogP contribution in [0.5, 0.6) is 0 Å². The van der Waals surface area contributed by atoms with Crippen molar-refractivity contribution in [3.63, 3.8) is 0 Å². The number of ether oxygens (including phenoxy) is 1. The smallest absolute Gasteiger partial charge is 0.418 e. The first kappa shape index (κ1) is 24.4. The number of carbonyl (C=O) groups is 4. The van der Waals surface area contributed by atoms with E-state index in [2.05, 4.69) is 10.6 Å². The number of rotatable bonds is 5. The van der Waals surface area contributed by atoms with E-state index >= 15 is 0 Å². The van der Waals surface area contributed by atoms with Crippen LogP contribution in [0.1, 0.15) is 54.8 Å². The fourth-order valence-corrected chi connectivity index (χ4v) is 6.29. The second kappa shape index (κ2) is 9.11. The number of hydrogen-bond acceptors (Lipinski definition) is 5. The molecule has 0 radical (unpaired) electrons. The number of nitrogens with zero attached hydrogens (tertiary/aromatic N) is 2.